The van der Waals surface area contributed by atoms with E-state index in [1.54, 1.807) is 19.1 Å². The number of hydrogen-bond acceptors (Lipinski definition) is 4. The third kappa shape index (κ3) is 3.29. The number of nitrogens with one attached hydrogen (secondary N) is 2. The molecule has 0 aliphatic rings. The summed E-state index contributed by atoms with van der Waals surface area (Å²) in [5.41, 5.74) is 0. The summed E-state index contributed by atoms with van der Waals surface area (Å²) < 4.78 is 5.82. The fourth-order valence-electron chi connectivity index (χ4n) is 1.88. The van der Waals surface area contributed by atoms with E-state index in [4.69, 9.17) is 27.9 Å². The molecule has 2 aromatic rings. The number of rotatable bonds is 5. The maximum atomic E-state index is 12.2. The van der Waals surface area contributed by atoms with Gasteiger partial charge < -0.3 is 15.4 Å². The second kappa shape index (κ2) is 7.17. The summed E-state index contributed by atoms with van der Waals surface area (Å²) in [4.78, 5) is 23.9. The van der Waals surface area contributed by atoms with Crippen molar-refractivity contribution in [3.63, 3.8) is 0 Å². The molecule has 0 aliphatic heterocycles. The van der Waals surface area contributed by atoms with E-state index in [0.29, 0.717) is 37.3 Å². The van der Waals surface area contributed by atoms with Crippen molar-refractivity contribution in [3.8, 4) is 5.75 Å². The van der Waals surface area contributed by atoms with Crippen LogP contribution in [0.2, 0.25) is 10.0 Å². The van der Waals surface area contributed by atoms with Crippen LogP contribution >= 0.6 is 34.5 Å². The SMILES string of the molecule is CCNC(=O)CNC(=O)c1sc2c(Cl)c(OC)ccc2c1Cl. The molecule has 0 fully saturated rings. The smallest absolute Gasteiger partial charge is 0.263 e. The summed E-state index contributed by atoms with van der Waals surface area (Å²) in [5.74, 6) is -0.151. The lowest BCUT2D eigenvalue weighted by molar-refractivity contribution is -0.120. The van der Waals surface area contributed by atoms with Crippen LogP contribution < -0.4 is 15.4 Å². The van der Waals surface area contributed by atoms with Gasteiger partial charge in [-0.05, 0) is 19.1 Å². The molecule has 118 valence electrons. The van der Waals surface area contributed by atoms with Crippen molar-refractivity contribution in [2.45, 2.75) is 6.92 Å². The van der Waals surface area contributed by atoms with E-state index in [-0.39, 0.29) is 12.5 Å². The number of amides is 2. The number of fused-ring (bicyclic) bond motifs is 1. The monoisotopic (exact) mass is 360 g/mol. The van der Waals surface area contributed by atoms with Crippen LogP contribution in [0.5, 0.6) is 5.75 Å². The van der Waals surface area contributed by atoms with Gasteiger partial charge in [0.25, 0.3) is 5.91 Å². The van der Waals surface area contributed by atoms with Crippen LogP contribution in [-0.2, 0) is 4.79 Å². The van der Waals surface area contributed by atoms with Gasteiger partial charge in [0.15, 0.2) is 0 Å². The number of benzene rings is 1. The minimum atomic E-state index is -0.410. The van der Waals surface area contributed by atoms with Gasteiger partial charge in [-0.25, -0.2) is 0 Å². The lowest BCUT2D eigenvalue weighted by Gasteiger charge is -2.04. The summed E-state index contributed by atoms with van der Waals surface area (Å²) in [6, 6.07) is 3.44. The van der Waals surface area contributed by atoms with Crippen molar-refractivity contribution in [3.05, 3.63) is 27.1 Å². The summed E-state index contributed by atoms with van der Waals surface area (Å²) in [6.07, 6.45) is 0. The average Bonchev–Trinajstić information content (AvgIpc) is 2.84. The lowest BCUT2D eigenvalue weighted by Crippen LogP contribution is -2.36. The predicted molar refractivity (Wildman–Crippen MR) is 89.4 cm³/mol. The van der Waals surface area contributed by atoms with Gasteiger partial charge in [-0.1, -0.05) is 23.2 Å². The maximum Gasteiger partial charge on any atom is 0.263 e. The molecule has 1 aromatic heterocycles. The van der Waals surface area contributed by atoms with E-state index in [2.05, 4.69) is 10.6 Å². The van der Waals surface area contributed by atoms with E-state index >= 15 is 0 Å². The third-order valence-corrected chi connectivity index (χ3v) is 5.12. The molecule has 8 heteroatoms. The second-order valence-electron chi connectivity index (χ2n) is 4.34. The van der Waals surface area contributed by atoms with Crippen molar-refractivity contribution in [2.75, 3.05) is 20.2 Å². The largest absolute Gasteiger partial charge is 0.495 e. The lowest BCUT2D eigenvalue weighted by atomic mass is 10.2. The molecule has 0 radical (unpaired) electrons. The highest BCUT2D eigenvalue weighted by Crippen LogP contribution is 2.42. The molecule has 0 saturated heterocycles. The van der Waals surface area contributed by atoms with Crippen LogP contribution in [-0.4, -0.2) is 32.0 Å². The molecule has 0 saturated carbocycles. The Morgan fingerprint density at radius 3 is 2.59 bits per heavy atom. The van der Waals surface area contributed by atoms with Crippen molar-refractivity contribution in [1.82, 2.24) is 10.6 Å². The molecule has 0 atom stereocenters. The highest BCUT2D eigenvalue weighted by atomic mass is 35.5. The fourth-order valence-corrected chi connectivity index (χ4v) is 3.70. The average molecular weight is 361 g/mol. The number of halogens is 2. The van der Waals surface area contributed by atoms with Gasteiger partial charge in [0, 0.05) is 11.9 Å². The van der Waals surface area contributed by atoms with Crippen molar-refractivity contribution in [2.24, 2.45) is 0 Å². The molecular formula is C14H14Cl2N2O3S. The fraction of sp³-hybridized carbons (Fsp3) is 0.286. The number of likely N-dealkylation sites (N-methyl/N-ethyl adjacent to an activating group) is 1. The zero-order valence-electron chi connectivity index (χ0n) is 12.0. The van der Waals surface area contributed by atoms with Gasteiger partial charge in [-0.2, -0.15) is 0 Å². The quantitative estimate of drug-likeness (QED) is 0.860. The van der Waals surface area contributed by atoms with Crippen LogP contribution in [0.3, 0.4) is 0 Å². The van der Waals surface area contributed by atoms with Gasteiger partial charge in [-0.15, -0.1) is 11.3 Å². The molecule has 1 heterocycles. The molecule has 2 amide bonds. The van der Waals surface area contributed by atoms with Crippen LogP contribution in [0.4, 0.5) is 0 Å². The summed E-state index contributed by atoms with van der Waals surface area (Å²) in [5, 5.41) is 6.54. The van der Waals surface area contributed by atoms with E-state index in [9.17, 15) is 9.59 Å². The van der Waals surface area contributed by atoms with E-state index < -0.39 is 5.91 Å². The number of carbonyl (C=O) groups is 2. The van der Waals surface area contributed by atoms with Crippen LogP contribution in [0.25, 0.3) is 10.1 Å². The number of thiophene rings is 1. The van der Waals surface area contributed by atoms with E-state index in [1.807, 2.05) is 0 Å². The Hall–Kier alpha value is -1.50. The van der Waals surface area contributed by atoms with Gasteiger partial charge in [0.1, 0.15) is 15.6 Å². The summed E-state index contributed by atoms with van der Waals surface area (Å²) in [6.45, 7) is 2.21. The first kappa shape index (κ1) is 16.9. The van der Waals surface area contributed by atoms with Gasteiger partial charge in [-0.3, -0.25) is 9.59 Å². The van der Waals surface area contributed by atoms with Crippen LogP contribution in [0, 0.1) is 0 Å². The Balaban J connectivity index is 2.28. The first-order valence-electron chi connectivity index (χ1n) is 6.49. The second-order valence-corrected chi connectivity index (χ2v) is 6.12. The zero-order chi connectivity index (χ0) is 16.3. The first-order chi connectivity index (χ1) is 10.5. The molecule has 0 spiro atoms. The van der Waals surface area contributed by atoms with Crippen molar-refractivity contribution >= 4 is 56.4 Å². The molecule has 5 nitrogen and oxygen atoms in total. The highest BCUT2D eigenvalue weighted by Gasteiger charge is 2.20. The van der Waals surface area contributed by atoms with Crippen LogP contribution in [0.1, 0.15) is 16.6 Å². The van der Waals surface area contributed by atoms with Crippen molar-refractivity contribution < 1.29 is 14.3 Å². The molecule has 0 unspecified atom stereocenters. The van der Waals surface area contributed by atoms with Crippen LogP contribution in [0.15, 0.2) is 12.1 Å². The molecule has 2 rings (SSSR count). The molecular weight excluding hydrogens is 347 g/mol. The topological polar surface area (TPSA) is 67.4 Å². The number of carbonyl (C=O) groups excluding carboxylic acids is 2. The third-order valence-electron chi connectivity index (χ3n) is 2.91. The van der Waals surface area contributed by atoms with Gasteiger partial charge >= 0.3 is 0 Å². The molecule has 0 aliphatic carbocycles. The highest BCUT2D eigenvalue weighted by molar-refractivity contribution is 7.22. The standard InChI is InChI=1S/C14H14Cl2N2O3S/c1-3-17-9(19)6-18-14(20)13-10(15)7-4-5-8(21-2)11(16)12(7)22-13/h4-5H,3,6H2,1-2H3,(H,17,19)(H,18,20). The van der Waals surface area contributed by atoms with Gasteiger partial charge in [0.2, 0.25) is 5.91 Å². The Labute approximate surface area is 141 Å². The first-order valence-corrected chi connectivity index (χ1v) is 8.06. The molecule has 0 bridgehead atoms. The number of ether oxygens (including phenoxy) is 1. The number of methoxy groups -OCH3 is 1. The predicted octanol–water partition coefficient (Wildman–Crippen LogP) is 3.08. The van der Waals surface area contributed by atoms with E-state index in [1.165, 1.54) is 18.4 Å². The minimum absolute atomic E-state index is 0.103. The normalized spacial score (nSPS) is 10.5. The minimum Gasteiger partial charge on any atom is -0.495 e. The Kier molecular flexibility index (Phi) is 5.50. The van der Waals surface area contributed by atoms with Crippen molar-refractivity contribution in [1.29, 1.82) is 0 Å². The number of hydrogen-bond donors (Lipinski definition) is 2. The molecule has 22 heavy (non-hydrogen) atoms. The summed E-state index contributed by atoms with van der Waals surface area (Å²) >= 11 is 13.6. The Bertz CT molecular complexity index is 730. The van der Waals surface area contributed by atoms with E-state index in [0.717, 1.165) is 0 Å². The zero-order valence-corrected chi connectivity index (χ0v) is 14.3. The maximum absolute atomic E-state index is 12.2. The van der Waals surface area contributed by atoms with Gasteiger partial charge in [0.05, 0.1) is 23.4 Å². The molecule has 1 aromatic carbocycles. The Morgan fingerprint density at radius 1 is 1.23 bits per heavy atom. The Morgan fingerprint density at radius 2 is 1.95 bits per heavy atom. The summed E-state index contributed by atoms with van der Waals surface area (Å²) in [7, 11) is 1.52. The molecule has 2 N–H and O–H groups in total.